The molecule has 66 valence electrons. The van der Waals surface area contributed by atoms with Crippen molar-refractivity contribution in [3.8, 4) is 0 Å². The third kappa shape index (κ3) is 3.54. The molecule has 0 aliphatic heterocycles. The standard InChI is InChI=1S/C8H17BrOSi/c1-6(2)7(9)8(10)11(3,4)5/h8,10H,1-5H3/t8-/m0/s1. The quantitative estimate of drug-likeness (QED) is 0.732. The van der Waals surface area contributed by atoms with E-state index in [4.69, 9.17) is 0 Å². The third-order valence-corrected chi connectivity index (χ3v) is 5.12. The van der Waals surface area contributed by atoms with E-state index in [1.165, 1.54) is 5.57 Å². The smallest absolute Gasteiger partial charge is 0.0845 e. The zero-order valence-corrected chi connectivity index (χ0v) is 10.5. The first-order valence-corrected chi connectivity index (χ1v) is 8.14. The van der Waals surface area contributed by atoms with Gasteiger partial charge in [0.15, 0.2) is 0 Å². The van der Waals surface area contributed by atoms with Gasteiger partial charge in [0.25, 0.3) is 0 Å². The van der Waals surface area contributed by atoms with Gasteiger partial charge in [0.2, 0.25) is 0 Å². The molecule has 0 unspecified atom stereocenters. The van der Waals surface area contributed by atoms with E-state index in [0.717, 1.165) is 4.48 Å². The number of allylic oxidation sites excluding steroid dienone is 1. The molecule has 0 amide bonds. The van der Waals surface area contributed by atoms with E-state index in [1.807, 2.05) is 13.8 Å². The largest absolute Gasteiger partial charge is 0.391 e. The summed E-state index contributed by atoms with van der Waals surface area (Å²) >= 11 is 3.41. The van der Waals surface area contributed by atoms with Crippen molar-refractivity contribution in [2.75, 3.05) is 0 Å². The van der Waals surface area contributed by atoms with E-state index in [-0.39, 0.29) is 5.73 Å². The van der Waals surface area contributed by atoms with Crippen molar-refractivity contribution in [1.82, 2.24) is 0 Å². The van der Waals surface area contributed by atoms with Gasteiger partial charge in [-0.2, -0.15) is 0 Å². The molecule has 0 fully saturated rings. The van der Waals surface area contributed by atoms with E-state index in [0.29, 0.717) is 0 Å². The highest BCUT2D eigenvalue weighted by molar-refractivity contribution is 9.11. The second-order valence-corrected chi connectivity index (χ2v) is 10.2. The lowest BCUT2D eigenvalue weighted by atomic mass is 10.3. The number of aliphatic hydroxyl groups is 1. The second kappa shape index (κ2) is 3.87. The maximum atomic E-state index is 9.78. The van der Waals surface area contributed by atoms with Crippen molar-refractivity contribution in [3.05, 3.63) is 10.1 Å². The van der Waals surface area contributed by atoms with Crippen LogP contribution in [0.2, 0.25) is 19.6 Å². The number of hydrogen-bond acceptors (Lipinski definition) is 1. The zero-order valence-electron chi connectivity index (χ0n) is 7.90. The van der Waals surface area contributed by atoms with Crippen molar-refractivity contribution in [2.24, 2.45) is 0 Å². The Balaban J connectivity index is 4.52. The Hall–Kier alpha value is 0.397. The van der Waals surface area contributed by atoms with Crippen LogP contribution in [0.5, 0.6) is 0 Å². The summed E-state index contributed by atoms with van der Waals surface area (Å²) in [5.74, 6) is 0. The van der Waals surface area contributed by atoms with Gasteiger partial charge in [-0.05, 0) is 13.8 Å². The highest BCUT2D eigenvalue weighted by Crippen LogP contribution is 2.23. The van der Waals surface area contributed by atoms with Gasteiger partial charge >= 0.3 is 0 Å². The van der Waals surface area contributed by atoms with Crippen LogP contribution >= 0.6 is 15.9 Å². The lowest BCUT2D eigenvalue weighted by Crippen LogP contribution is -2.38. The summed E-state index contributed by atoms with van der Waals surface area (Å²) < 4.78 is 0.969. The minimum atomic E-state index is -1.44. The summed E-state index contributed by atoms with van der Waals surface area (Å²) in [7, 11) is -1.44. The number of hydrogen-bond donors (Lipinski definition) is 1. The molecule has 0 aromatic heterocycles. The summed E-state index contributed by atoms with van der Waals surface area (Å²) in [5, 5.41) is 9.78. The summed E-state index contributed by atoms with van der Waals surface area (Å²) in [6.45, 7) is 10.5. The molecule has 3 heteroatoms. The molecule has 0 aliphatic rings. The van der Waals surface area contributed by atoms with Gasteiger partial charge in [0.1, 0.15) is 0 Å². The van der Waals surface area contributed by atoms with E-state index < -0.39 is 8.07 Å². The monoisotopic (exact) mass is 236 g/mol. The third-order valence-electron chi connectivity index (χ3n) is 1.54. The first-order valence-electron chi connectivity index (χ1n) is 3.77. The summed E-state index contributed by atoms with van der Waals surface area (Å²) in [5.41, 5.74) is 0.910. The van der Waals surface area contributed by atoms with Crippen molar-refractivity contribution >= 4 is 24.0 Å². The van der Waals surface area contributed by atoms with Gasteiger partial charge in [0, 0.05) is 4.48 Å². The fraction of sp³-hybridized carbons (Fsp3) is 0.750. The van der Waals surface area contributed by atoms with Crippen molar-refractivity contribution in [3.63, 3.8) is 0 Å². The van der Waals surface area contributed by atoms with Gasteiger partial charge in [0.05, 0.1) is 13.8 Å². The minimum Gasteiger partial charge on any atom is -0.391 e. The molecule has 1 atom stereocenters. The Labute approximate surface area is 78.6 Å². The van der Waals surface area contributed by atoms with Crippen LogP contribution in [-0.4, -0.2) is 18.9 Å². The van der Waals surface area contributed by atoms with Crippen LogP contribution in [0.3, 0.4) is 0 Å². The predicted molar refractivity (Wildman–Crippen MR) is 56.7 cm³/mol. The van der Waals surface area contributed by atoms with E-state index >= 15 is 0 Å². The number of aliphatic hydroxyl groups excluding tert-OH is 1. The van der Waals surface area contributed by atoms with Crippen molar-refractivity contribution in [1.29, 1.82) is 0 Å². The highest BCUT2D eigenvalue weighted by Gasteiger charge is 2.27. The molecule has 0 rings (SSSR count). The molecule has 0 aliphatic carbocycles. The highest BCUT2D eigenvalue weighted by atomic mass is 79.9. The Morgan fingerprint density at radius 1 is 1.27 bits per heavy atom. The SMILES string of the molecule is CC(C)=C(Br)[C@@H](O)[Si](C)(C)C. The van der Waals surface area contributed by atoms with Crippen LogP contribution < -0.4 is 0 Å². The molecule has 1 nitrogen and oxygen atoms in total. The van der Waals surface area contributed by atoms with E-state index in [1.54, 1.807) is 0 Å². The predicted octanol–water partition coefficient (Wildman–Crippen LogP) is 2.91. The molecule has 0 radical (unpaired) electrons. The summed E-state index contributed by atoms with van der Waals surface area (Å²) in [6.07, 6.45) is 0. The lowest BCUT2D eigenvalue weighted by Gasteiger charge is -2.24. The molecule has 0 saturated heterocycles. The average Bonchev–Trinajstić information content (AvgIpc) is 1.82. The number of halogens is 1. The van der Waals surface area contributed by atoms with Crippen LogP contribution in [0.1, 0.15) is 13.8 Å². The van der Waals surface area contributed by atoms with E-state index in [2.05, 4.69) is 35.6 Å². The molecule has 0 spiro atoms. The Bertz CT molecular complexity index is 165. The molecule has 0 saturated carbocycles. The fourth-order valence-corrected chi connectivity index (χ4v) is 3.76. The van der Waals surface area contributed by atoms with Crippen molar-refractivity contribution in [2.45, 2.75) is 39.2 Å². The molecule has 0 aromatic carbocycles. The number of rotatable bonds is 2. The Morgan fingerprint density at radius 3 is 1.73 bits per heavy atom. The van der Waals surface area contributed by atoms with E-state index in [9.17, 15) is 5.11 Å². The van der Waals surface area contributed by atoms with Crippen LogP contribution in [0.4, 0.5) is 0 Å². The molecule has 1 N–H and O–H groups in total. The van der Waals surface area contributed by atoms with Crippen LogP contribution in [0, 0.1) is 0 Å². The van der Waals surface area contributed by atoms with Gasteiger partial charge in [-0.1, -0.05) is 41.1 Å². The molecule has 0 aromatic rings. The van der Waals surface area contributed by atoms with Crippen LogP contribution in [0.15, 0.2) is 10.1 Å². The first kappa shape index (κ1) is 11.4. The lowest BCUT2D eigenvalue weighted by molar-refractivity contribution is 0.287. The van der Waals surface area contributed by atoms with Gasteiger partial charge in [-0.3, -0.25) is 0 Å². The molecular weight excluding hydrogens is 220 g/mol. The fourth-order valence-electron chi connectivity index (χ4n) is 0.654. The Kier molecular flexibility index (Phi) is 4.01. The molecule has 0 heterocycles. The van der Waals surface area contributed by atoms with Crippen LogP contribution in [0.25, 0.3) is 0 Å². The molecular formula is C8H17BrOSi. The normalized spacial score (nSPS) is 14.5. The first-order chi connectivity index (χ1) is 4.76. The van der Waals surface area contributed by atoms with Gasteiger partial charge in [-0.15, -0.1) is 0 Å². The second-order valence-electron chi connectivity index (χ2n) is 4.12. The van der Waals surface area contributed by atoms with Crippen molar-refractivity contribution < 1.29 is 5.11 Å². The average molecular weight is 237 g/mol. The maximum Gasteiger partial charge on any atom is 0.0845 e. The molecule has 11 heavy (non-hydrogen) atoms. The summed E-state index contributed by atoms with van der Waals surface area (Å²) in [4.78, 5) is 0. The van der Waals surface area contributed by atoms with Gasteiger partial charge in [-0.25, -0.2) is 0 Å². The van der Waals surface area contributed by atoms with Gasteiger partial charge < -0.3 is 5.11 Å². The maximum absolute atomic E-state index is 9.78. The zero-order chi connectivity index (χ0) is 9.23. The topological polar surface area (TPSA) is 20.2 Å². The summed E-state index contributed by atoms with van der Waals surface area (Å²) in [6, 6.07) is 0. The van der Waals surface area contributed by atoms with Crippen LogP contribution in [-0.2, 0) is 0 Å². The minimum absolute atomic E-state index is 0.257. The molecule has 0 bridgehead atoms. The Morgan fingerprint density at radius 2 is 1.64 bits per heavy atom.